The number of likely N-dealkylation sites (N-methyl/N-ethyl adjacent to an activating group) is 2. The summed E-state index contributed by atoms with van der Waals surface area (Å²) < 4.78 is 0. The van der Waals surface area contributed by atoms with Crippen molar-refractivity contribution in [1.29, 1.82) is 0 Å². The van der Waals surface area contributed by atoms with Crippen LogP contribution in [0.1, 0.15) is 46.0 Å². The Morgan fingerprint density at radius 2 is 2.05 bits per heavy atom. The number of hydrogen-bond acceptors (Lipinski definition) is 3. The highest BCUT2D eigenvalue weighted by molar-refractivity contribution is 5.80. The van der Waals surface area contributed by atoms with Gasteiger partial charge in [-0.15, -0.1) is 0 Å². The second kappa shape index (κ2) is 8.54. The van der Waals surface area contributed by atoms with Crippen LogP contribution in [0.2, 0.25) is 0 Å². The second-order valence-electron chi connectivity index (χ2n) is 6.25. The van der Waals surface area contributed by atoms with Crippen molar-refractivity contribution in [2.75, 3.05) is 39.3 Å². The van der Waals surface area contributed by atoms with Gasteiger partial charge in [0.1, 0.15) is 0 Å². The van der Waals surface area contributed by atoms with Gasteiger partial charge in [-0.1, -0.05) is 13.0 Å². The van der Waals surface area contributed by atoms with E-state index in [1.807, 2.05) is 4.90 Å². The lowest BCUT2D eigenvalue weighted by molar-refractivity contribution is -0.130. The molecule has 120 valence electrons. The molecule has 1 fully saturated rings. The molecule has 2 rings (SSSR count). The quantitative estimate of drug-likeness (QED) is 0.782. The smallest absolute Gasteiger partial charge is 0.240 e. The molecule has 2 aliphatic rings. The number of allylic oxidation sites excluding steroid dienone is 2. The van der Waals surface area contributed by atoms with Crippen molar-refractivity contribution in [3.63, 3.8) is 0 Å². The van der Waals surface area contributed by atoms with Crippen LogP contribution in [0, 0.1) is 5.92 Å². The van der Waals surface area contributed by atoms with E-state index in [1.54, 1.807) is 0 Å². The summed E-state index contributed by atoms with van der Waals surface area (Å²) in [6.45, 7) is 9.92. The molecule has 4 heteroatoms. The monoisotopic (exact) mass is 293 g/mol. The van der Waals surface area contributed by atoms with Gasteiger partial charge in [0.25, 0.3) is 0 Å². The Hall–Kier alpha value is -0.870. The number of carbonyl (C=O) groups excluding carboxylic acids is 1. The predicted octanol–water partition coefficient (Wildman–Crippen LogP) is 2.22. The molecule has 1 saturated heterocycles. The SMILES string of the molecule is CCN(CC(=O)N(CC)C1=CCCC1)CC1CCNCC1. The van der Waals surface area contributed by atoms with Crippen molar-refractivity contribution in [2.24, 2.45) is 5.92 Å². The minimum absolute atomic E-state index is 0.279. The minimum atomic E-state index is 0.279. The highest BCUT2D eigenvalue weighted by Crippen LogP contribution is 2.22. The number of nitrogens with zero attached hydrogens (tertiary/aromatic N) is 2. The molecular weight excluding hydrogens is 262 g/mol. The summed E-state index contributed by atoms with van der Waals surface area (Å²) in [6.07, 6.45) is 8.13. The van der Waals surface area contributed by atoms with Crippen molar-refractivity contribution in [3.8, 4) is 0 Å². The average molecular weight is 293 g/mol. The number of rotatable bonds is 7. The molecule has 0 aromatic rings. The standard InChI is InChI=1S/C17H31N3O/c1-3-19(13-15-9-11-18-12-10-15)14-17(21)20(4-2)16-7-5-6-8-16/h7,15,18H,3-6,8-14H2,1-2H3. The topological polar surface area (TPSA) is 35.6 Å². The van der Waals surface area contributed by atoms with Crippen LogP contribution in [0.15, 0.2) is 11.8 Å². The van der Waals surface area contributed by atoms with Crippen LogP contribution < -0.4 is 5.32 Å². The highest BCUT2D eigenvalue weighted by Gasteiger charge is 2.22. The third-order valence-corrected chi connectivity index (χ3v) is 4.76. The molecule has 0 radical (unpaired) electrons. The van der Waals surface area contributed by atoms with Crippen LogP contribution in [-0.4, -0.2) is 55.0 Å². The van der Waals surface area contributed by atoms with E-state index in [9.17, 15) is 4.79 Å². The Morgan fingerprint density at radius 1 is 1.29 bits per heavy atom. The fourth-order valence-electron chi connectivity index (χ4n) is 3.45. The van der Waals surface area contributed by atoms with Crippen molar-refractivity contribution >= 4 is 5.91 Å². The molecule has 0 bridgehead atoms. The van der Waals surface area contributed by atoms with Crippen LogP contribution in [-0.2, 0) is 4.79 Å². The maximum absolute atomic E-state index is 12.6. The molecule has 0 unspecified atom stereocenters. The first kappa shape index (κ1) is 16.5. The lowest BCUT2D eigenvalue weighted by Crippen LogP contribution is -2.42. The third kappa shape index (κ3) is 4.82. The van der Waals surface area contributed by atoms with E-state index in [0.717, 1.165) is 51.5 Å². The fraction of sp³-hybridized carbons (Fsp3) is 0.824. The summed E-state index contributed by atoms with van der Waals surface area (Å²) in [7, 11) is 0. The van der Waals surface area contributed by atoms with E-state index in [2.05, 4.69) is 30.1 Å². The average Bonchev–Trinajstić information content (AvgIpc) is 3.02. The first-order valence-electron chi connectivity index (χ1n) is 8.67. The number of carbonyl (C=O) groups is 1. The Morgan fingerprint density at radius 3 is 2.62 bits per heavy atom. The zero-order chi connectivity index (χ0) is 15.1. The number of hydrogen-bond donors (Lipinski definition) is 1. The summed E-state index contributed by atoms with van der Waals surface area (Å²) in [6, 6.07) is 0. The zero-order valence-corrected chi connectivity index (χ0v) is 13.7. The predicted molar refractivity (Wildman–Crippen MR) is 87.0 cm³/mol. The van der Waals surface area contributed by atoms with Gasteiger partial charge in [-0.3, -0.25) is 9.69 Å². The number of piperidine rings is 1. The fourth-order valence-corrected chi connectivity index (χ4v) is 3.45. The molecule has 1 amide bonds. The van der Waals surface area contributed by atoms with Gasteiger partial charge in [-0.25, -0.2) is 0 Å². The van der Waals surface area contributed by atoms with E-state index in [0.29, 0.717) is 6.54 Å². The maximum Gasteiger partial charge on any atom is 0.240 e. The molecule has 1 heterocycles. The Labute approximate surface area is 129 Å². The van der Waals surface area contributed by atoms with Crippen molar-refractivity contribution in [3.05, 3.63) is 11.8 Å². The minimum Gasteiger partial charge on any atom is -0.317 e. The van der Waals surface area contributed by atoms with Crippen LogP contribution in [0.4, 0.5) is 0 Å². The largest absolute Gasteiger partial charge is 0.317 e. The van der Waals surface area contributed by atoms with E-state index >= 15 is 0 Å². The normalized spacial score (nSPS) is 19.9. The van der Waals surface area contributed by atoms with Crippen LogP contribution in [0.3, 0.4) is 0 Å². The van der Waals surface area contributed by atoms with Crippen molar-refractivity contribution < 1.29 is 4.79 Å². The summed E-state index contributed by atoms with van der Waals surface area (Å²) >= 11 is 0. The van der Waals surface area contributed by atoms with Gasteiger partial charge < -0.3 is 10.2 Å². The van der Waals surface area contributed by atoms with Gasteiger partial charge in [0.2, 0.25) is 5.91 Å². The molecule has 0 aromatic carbocycles. The molecule has 1 aliphatic heterocycles. The summed E-state index contributed by atoms with van der Waals surface area (Å²) in [5, 5.41) is 3.41. The number of nitrogens with one attached hydrogen (secondary N) is 1. The van der Waals surface area contributed by atoms with Gasteiger partial charge in [0, 0.05) is 18.8 Å². The summed E-state index contributed by atoms with van der Waals surface area (Å²) in [4.78, 5) is 16.9. The van der Waals surface area contributed by atoms with Crippen LogP contribution >= 0.6 is 0 Å². The van der Waals surface area contributed by atoms with Crippen molar-refractivity contribution in [1.82, 2.24) is 15.1 Å². The first-order chi connectivity index (χ1) is 10.2. The molecule has 1 N–H and O–H groups in total. The van der Waals surface area contributed by atoms with Crippen LogP contribution in [0.25, 0.3) is 0 Å². The van der Waals surface area contributed by atoms with Gasteiger partial charge in [-0.2, -0.15) is 0 Å². The maximum atomic E-state index is 12.6. The molecule has 1 aliphatic carbocycles. The Kier molecular flexibility index (Phi) is 6.71. The molecule has 0 spiro atoms. The number of amides is 1. The molecule has 0 saturated carbocycles. The lowest BCUT2D eigenvalue weighted by Gasteiger charge is -2.31. The Bertz CT molecular complexity index is 361. The summed E-state index contributed by atoms with van der Waals surface area (Å²) in [5.41, 5.74) is 1.25. The van der Waals surface area contributed by atoms with E-state index in [4.69, 9.17) is 0 Å². The van der Waals surface area contributed by atoms with Gasteiger partial charge in [-0.05, 0) is 64.6 Å². The van der Waals surface area contributed by atoms with E-state index in [1.165, 1.54) is 25.0 Å². The zero-order valence-electron chi connectivity index (χ0n) is 13.7. The van der Waals surface area contributed by atoms with E-state index < -0.39 is 0 Å². The molecule has 0 aromatic heterocycles. The van der Waals surface area contributed by atoms with Gasteiger partial charge in [0.15, 0.2) is 0 Å². The molecule has 4 nitrogen and oxygen atoms in total. The highest BCUT2D eigenvalue weighted by atomic mass is 16.2. The second-order valence-corrected chi connectivity index (χ2v) is 6.25. The van der Waals surface area contributed by atoms with Crippen molar-refractivity contribution in [2.45, 2.75) is 46.0 Å². The molecule has 21 heavy (non-hydrogen) atoms. The summed E-state index contributed by atoms with van der Waals surface area (Å²) in [5.74, 6) is 1.03. The molecule has 0 atom stereocenters. The first-order valence-corrected chi connectivity index (χ1v) is 8.67. The Balaban J connectivity index is 1.85. The molecular formula is C17H31N3O. The van der Waals surface area contributed by atoms with E-state index in [-0.39, 0.29) is 5.91 Å². The van der Waals surface area contributed by atoms with Crippen LogP contribution in [0.5, 0.6) is 0 Å². The van der Waals surface area contributed by atoms with Gasteiger partial charge >= 0.3 is 0 Å². The lowest BCUT2D eigenvalue weighted by atomic mass is 9.97. The third-order valence-electron chi connectivity index (χ3n) is 4.76. The van der Waals surface area contributed by atoms with Gasteiger partial charge in [0.05, 0.1) is 6.54 Å².